The Kier molecular flexibility index (Phi) is 8.11. The van der Waals surface area contributed by atoms with E-state index < -0.39 is 5.41 Å². The molecule has 0 saturated heterocycles. The fourth-order valence-electron chi connectivity index (χ4n) is 9.96. The minimum absolute atomic E-state index is 0.551. The molecule has 0 amide bonds. The topological polar surface area (TPSA) is 12.5 Å². The van der Waals surface area contributed by atoms with Crippen molar-refractivity contribution in [2.45, 2.75) is 5.41 Å². The number of hydrogen-bond donors (Lipinski definition) is 0. The van der Waals surface area contributed by atoms with Crippen molar-refractivity contribution in [1.82, 2.24) is 0 Å². The van der Waals surface area contributed by atoms with Crippen molar-refractivity contribution in [3.05, 3.63) is 259 Å². The molecular weight excluding hydrogens is 739 g/mol. The predicted octanol–water partition coefficient (Wildman–Crippen LogP) is 15.8. The summed E-state index contributed by atoms with van der Waals surface area (Å²) in [5.74, 6) is 1.80. The standard InChI is InChI=1S/C59H39NO/c1-3-13-40(14-4-1)42-23-31-47(32-24-42)60(48-33-25-43(26-34-48)41-15-5-2-6-16-41)49-35-27-44(28-36-49)46-29-37-51-55(39-46)59(54-38-30-45-17-7-8-18-50(45)58(51)54)52-19-9-11-21-56(52)61-57-22-12-10-20-53(57)59/h1-39H. The first kappa shape index (κ1) is 35.0. The summed E-state index contributed by atoms with van der Waals surface area (Å²) in [7, 11) is 0. The highest BCUT2D eigenvalue weighted by Gasteiger charge is 2.51. The molecule has 61 heavy (non-hydrogen) atoms. The molecule has 0 atom stereocenters. The van der Waals surface area contributed by atoms with Gasteiger partial charge in [-0.2, -0.15) is 0 Å². The lowest BCUT2D eigenvalue weighted by molar-refractivity contribution is 0.436. The maximum absolute atomic E-state index is 6.66. The van der Waals surface area contributed by atoms with E-state index in [-0.39, 0.29) is 0 Å². The highest BCUT2D eigenvalue weighted by Crippen LogP contribution is 2.63. The van der Waals surface area contributed by atoms with E-state index in [0.29, 0.717) is 0 Å². The summed E-state index contributed by atoms with van der Waals surface area (Å²) >= 11 is 0. The number of hydrogen-bond acceptors (Lipinski definition) is 2. The molecule has 286 valence electrons. The molecule has 0 aromatic heterocycles. The molecule has 1 spiro atoms. The Morgan fingerprint density at radius 2 is 0.754 bits per heavy atom. The van der Waals surface area contributed by atoms with Crippen LogP contribution in [-0.4, -0.2) is 0 Å². The van der Waals surface area contributed by atoms with E-state index in [9.17, 15) is 0 Å². The lowest BCUT2D eigenvalue weighted by Crippen LogP contribution is -2.32. The van der Waals surface area contributed by atoms with Gasteiger partial charge in [0.15, 0.2) is 0 Å². The average Bonchev–Trinajstić information content (AvgIpc) is 3.63. The summed E-state index contributed by atoms with van der Waals surface area (Å²) in [6.45, 7) is 0. The second-order valence-corrected chi connectivity index (χ2v) is 16.0. The smallest absolute Gasteiger partial charge is 0.132 e. The number of para-hydroxylation sites is 2. The maximum atomic E-state index is 6.66. The number of nitrogens with zero attached hydrogens (tertiary/aromatic N) is 1. The summed E-state index contributed by atoms with van der Waals surface area (Å²) in [5, 5.41) is 2.51. The van der Waals surface area contributed by atoms with E-state index in [2.05, 4.69) is 241 Å². The van der Waals surface area contributed by atoms with Crippen LogP contribution in [0.1, 0.15) is 22.3 Å². The molecular formula is C59H39NO. The zero-order chi connectivity index (χ0) is 40.3. The van der Waals surface area contributed by atoms with E-state index in [0.717, 1.165) is 34.1 Å². The van der Waals surface area contributed by atoms with Gasteiger partial charge in [-0.1, -0.05) is 182 Å². The summed E-state index contributed by atoms with van der Waals surface area (Å²) in [6.07, 6.45) is 0. The molecule has 2 aliphatic rings. The van der Waals surface area contributed by atoms with Gasteiger partial charge >= 0.3 is 0 Å². The van der Waals surface area contributed by atoms with Crippen molar-refractivity contribution in [2.75, 3.05) is 4.90 Å². The second-order valence-electron chi connectivity index (χ2n) is 16.0. The van der Waals surface area contributed by atoms with Crippen LogP contribution in [0.25, 0.3) is 55.3 Å². The number of benzene rings is 10. The molecule has 10 aromatic carbocycles. The van der Waals surface area contributed by atoms with Crippen LogP contribution in [0, 0.1) is 0 Å². The summed E-state index contributed by atoms with van der Waals surface area (Å²) in [4.78, 5) is 2.35. The highest BCUT2D eigenvalue weighted by atomic mass is 16.5. The van der Waals surface area contributed by atoms with Crippen LogP contribution >= 0.6 is 0 Å². The first-order valence-corrected chi connectivity index (χ1v) is 21.0. The van der Waals surface area contributed by atoms with Crippen molar-refractivity contribution in [3.63, 3.8) is 0 Å². The fraction of sp³-hybridized carbons (Fsp3) is 0.0169. The van der Waals surface area contributed by atoms with Crippen LogP contribution in [0.2, 0.25) is 0 Å². The van der Waals surface area contributed by atoms with Crippen molar-refractivity contribution in [1.29, 1.82) is 0 Å². The molecule has 0 fully saturated rings. The number of ether oxygens (including phenoxy) is 1. The van der Waals surface area contributed by atoms with Crippen LogP contribution in [0.15, 0.2) is 237 Å². The molecule has 2 nitrogen and oxygen atoms in total. The van der Waals surface area contributed by atoms with Gasteiger partial charge < -0.3 is 9.64 Å². The molecule has 1 heterocycles. The van der Waals surface area contributed by atoms with Gasteiger partial charge in [0.05, 0.1) is 5.41 Å². The van der Waals surface area contributed by atoms with E-state index in [1.165, 1.54) is 72.0 Å². The second kappa shape index (κ2) is 14.1. The molecule has 1 aliphatic heterocycles. The van der Waals surface area contributed by atoms with Gasteiger partial charge in [-0.25, -0.2) is 0 Å². The maximum Gasteiger partial charge on any atom is 0.132 e. The largest absolute Gasteiger partial charge is 0.457 e. The van der Waals surface area contributed by atoms with Gasteiger partial charge in [0.25, 0.3) is 0 Å². The molecule has 12 rings (SSSR count). The van der Waals surface area contributed by atoms with Crippen LogP contribution in [0.3, 0.4) is 0 Å². The molecule has 10 aromatic rings. The Balaban J connectivity index is 0.992. The normalized spacial score (nSPS) is 12.9. The third-order valence-corrected chi connectivity index (χ3v) is 12.8. The Morgan fingerprint density at radius 3 is 1.31 bits per heavy atom. The Morgan fingerprint density at radius 1 is 0.311 bits per heavy atom. The third-order valence-electron chi connectivity index (χ3n) is 12.8. The zero-order valence-electron chi connectivity index (χ0n) is 33.4. The van der Waals surface area contributed by atoms with E-state index in [4.69, 9.17) is 4.74 Å². The summed E-state index contributed by atoms with van der Waals surface area (Å²) in [6, 6.07) is 85.7. The minimum Gasteiger partial charge on any atom is -0.457 e. The van der Waals surface area contributed by atoms with Gasteiger partial charge in [0, 0.05) is 28.2 Å². The van der Waals surface area contributed by atoms with Gasteiger partial charge in [0.2, 0.25) is 0 Å². The SMILES string of the molecule is c1ccc(-c2ccc(N(c3ccc(-c4ccccc4)cc3)c3ccc(-c4ccc5c(c4)C4(c6ccccc6Oc6ccccc64)c4ccc6ccccc6c4-5)cc3)cc2)cc1. The lowest BCUT2D eigenvalue weighted by atomic mass is 9.66. The minimum atomic E-state index is -0.551. The first-order chi connectivity index (χ1) is 30.2. The van der Waals surface area contributed by atoms with E-state index in [1.54, 1.807) is 0 Å². The molecule has 0 N–H and O–H groups in total. The van der Waals surface area contributed by atoms with E-state index >= 15 is 0 Å². The number of anilines is 3. The molecule has 0 unspecified atom stereocenters. The van der Waals surface area contributed by atoms with Crippen LogP contribution < -0.4 is 9.64 Å². The molecule has 0 radical (unpaired) electrons. The lowest BCUT2D eigenvalue weighted by Gasteiger charge is -2.39. The Hall–Kier alpha value is -7.94. The van der Waals surface area contributed by atoms with Gasteiger partial charge in [-0.15, -0.1) is 0 Å². The van der Waals surface area contributed by atoms with Gasteiger partial charge in [-0.3, -0.25) is 0 Å². The predicted molar refractivity (Wildman–Crippen MR) is 252 cm³/mol. The van der Waals surface area contributed by atoms with Crippen molar-refractivity contribution in [3.8, 4) is 56.0 Å². The highest BCUT2D eigenvalue weighted by molar-refractivity contribution is 6.05. The Bertz CT molecular complexity index is 3110. The quantitative estimate of drug-likeness (QED) is 0.167. The van der Waals surface area contributed by atoms with Crippen LogP contribution in [0.5, 0.6) is 11.5 Å². The molecule has 0 saturated carbocycles. The first-order valence-electron chi connectivity index (χ1n) is 21.0. The monoisotopic (exact) mass is 777 g/mol. The average molecular weight is 778 g/mol. The van der Waals surface area contributed by atoms with Gasteiger partial charge in [0.1, 0.15) is 11.5 Å². The Labute approximate surface area is 356 Å². The fourth-order valence-corrected chi connectivity index (χ4v) is 9.96. The number of rotatable bonds is 6. The van der Waals surface area contributed by atoms with Crippen LogP contribution in [0.4, 0.5) is 17.1 Å². The van der Waals surface area contributed by atoms with Crippen LogP contribution in [-0.2, 0) is 5.41 Å². The third kappa shape index (κ3) is 5.57. The molecule has 2 heteroatoms. The van der Waals surface area contributed by atoms with Gasteiger partial charge in [-0.05, 0) is 121 Å². The summed E-state index contributed by atoms with van der Waals surface area (Å²) in [5.41, 5.74) is 17.4. The number of fused-ring (bicyclic) bond motifs is 11. The van der Waals surface area contributed by atoms with Crippen molar-refractivity contribution < 1.29 is 4.74 Å². The van der Waals surface area contributed by atoms with E-state index in [1.807, 2.05) is 0 Å². The molecule has 0 bridgehead atoms. The van der Waals surface area contributed by atoms with Crippen molar-refractivity contribution >= 4 is 27.8 Å². The van der Waals surface area contributed by atoms with Crippen molar-refractivity contribution in [2.24, 2.45) is 0 Å². The molecule has 1 aliphatic carbocycles. The summed E-state index contributed by atoms with van der Waals surface area (Å²) < 4.78 is 6.66. The zero-order valence-corrected chi connectivity index (χ0v) is 33.4.